The van der Waals surface area contributed by atoms with Gasteiger partial charge in [0.2, 0.25) is 5.91 Å². The third-order valence-corrected chi connectivity index (χ3v) is 7.60. The Morgan fingerprint density at radius 3 is 2.21 bits per heavy atom. The first-order valence-corrected chi connectivity index (χ1v) is 11.8. The number of carbonyl (C=O) groups excluding carboxylic acids is 2. The van der Waals surface area contributed by atoms with Gasteiger partial charge in [-0.2, -0.15) is 0 Å². The molecule has 178 valence electrons. The minimum absolute atomic E-state index is 0.00372. The molecule has 2 amide bonds. The highest BCUT2D eigenvalue weighted by Gasteiger charge is 2.66. The van der Waals surface area contributed by atoms with E-state index in [1.54, 1.807) is 4.90 Å². The van der Waals surface area contributed by atoms with E-state index >= 15 is 0 Å². The van der Waals surface area contributed by atoms with Crippen LogP contribution in [-0.4, -0.2) is 53.7 Å². The number of likely N-dealkylation sites (tertiary alicyclic amines) is 1. The standard InChI is InChI=1S/C27H30N2O5/c1-26(2,3)22(23(30)29-13-16-12-27(16,15-29)24(31)32)28-25(33)34-14-21-19-10-6-4-8-17(19)18-9-5-7-11-20(18)21/h4-11,16,21-22H,12-15H2,1-3H3,(H,28,33)(H,31,32)/t16?,22-,27?/m0/s1. The largest absolute Gasteiger partial charge is 0.481 e. The Morgan fingerprint density at radius 1 is 1.09 bits per heavy atom. The molecule has 2 aromatic carbocycles. The van der Waals surface area contributed by atoms with Gasteiger partial charge in [0.15, 0.2) is 0 Å². The lowest BCUT2D eigenvalue weighted by molar-refractivity contribution is -0.144. The van der Waals surface area contributed by atoms with E-state index in [-0.39, 0.29) is 30.9 Å². The lowest BCUT2D eigenvalue weighted by atomic mass is 9.85. The van der Waals surface area contributed by atoms with Gasteiger partial charge in [-0.25, -0.2) is 4.79 Å². The summed E-state index contributed by atoms with van der Waals surface area (Å²) in [6.45, 7) is 6.42. The van der Waals surface area contributed by atoms with Gasteiger partial charge in [0.1, 0.15) is 12.6 Å². The number of hydrogen-bond acceptors (Lipinski definition) is 4. The Labute approximate surface area is 199 Å². The number of amides is 2. The fourth-order valence-electron chi connectivity index (χ4n) is 5.57. The number of nitrogens with one attached hydrogen (secondary N) is 1. The van der Waals surface area contributed by atoms with Crippen LogP contribution in [0.4, 0.5) is 4.79 Å². The predicted octanol–water partition coefficient (Wildman–Crippen LogP) is 3.87. The number of hydrogen-bond donors (Lipinski definition) is 2. The number of nitrogens with zero attached hydrogens (tertiary/aromatic N) is 1. The summed E-state index contributed by atoms with van der Waals surface area (Å²) >= 11 is 0. The average Bonchev–Trinajstić information content (AvgIpc) is 3.23. The van der Waals surface area contributed by atoms with Gasteiger partial charge in [-0.3, -0.25) is 9.59 Å². The van der Waals surface area contributed by atoms with Crippen molar-refractivity contribution >= 4 is 18.0 Å². The first-order valence-electron chi connectivity index (χ1n) is 11.8. The SMILES string of the molecule is CC(C)(C)[C@@H](NC(=O)OCC1c2ccccc2-c2ccccc21)C(=O)N1CC2CC2(C(=O)O)C1. The van der Waals surface area contributed by atoms with Gasteiger partial charge in [0.25, 0.3) is 0 Å². The maximum absolute atomic E-state index is 13.3. The molecule has 0 bridgehead atoms. The molecule has 2 fully saturated rings. The number of aliphatic carboxylic acids is 1. The van der Waals surface area contributed by atoms with Gasteiger partial charge in [-0.05, 0) is 40.0 Å². The Morgan fingerprint density at radius 2 is 1.68 bits per heavy atom. The summed E-state index contributed by atoms with van der Waals surface area (Å²) in [5.41, 5.74) is 3.17. The van der Waals surface area contributed by atoms with Gasteiger partial charge in [0.05, 0.1) is 5.41 Å². The van der Waals surface area contributed by atoms with Crippen molar-refractivity contribution in [2.24, 2.45) is 16.7 Å². The summed E-state index contributed by atoms with van der Waals surface area (Å²) in [6, 6.07) is 15.4. The average molecular weight is 463 g/mol. The third-order valence-electron chi connectivity index (χ3n) is 7.60. The van der Waals surface area contributed by atoms with E-state index in [0.29, 0.717) is 13.0 Å². The molecule has 2 N–H and O–H groups in total. The van der Waals surface area contributed by atoms with Gasteiger partial charge in [0, 0.05) is 19.0 Å². The zero-order valence-corrected chi connectivity index (χ0v) is 19.7. The van der Waals surface area contributed by atoms with Gasteiger partial charge >= 0.3 is 12.1 Å². The van der Waals surface area contributed by atoms with Crippen molar-refractivity contribution < 1.29 is 24.2 Å². The van der Waals surface area contributed by atoms with Gasteiger partial charge < -0.3 is 20.1 Å². The van der Waals surface area contributed by atoms with Gasteiger partial charge in [-0.1, -0.05) is 69.3 Å². The summed E-state index contributed by atoms with van der Waals surface area (Å²) in [7, 11) is 0. The van der Waals surface area contributed by atoms with Crippen LogP contribution in [0.1, 0.15) is 44.2 Å². The van der Waals surface area contributed by atoms with E-state index in [1.165, 1.54) is 0 Å². The van der Waals surface area contributed by atoms with E-state index in [0.717, 1.165) is 22.3 Å². The molecule has 7 heteroatoms. The second-order valence-corrected chi connectivity index (χ2v) is 10.9. The van der Waals surface area contributed by atoms with Crippen LogP contribution in [0.3, 0.4) is 0 Å². The number of ether oxygens (including phenoxy) is 1. The fourth-order valence-corrected chi connectivity index (χ4v) is 5.57. The number of rotatable bonds is 5. The van der Waals surface area contributed by atoms with E-state index in [1.807, 2.05) is 45.0 Å². The molecular weight excluding hydrogens is 432 g/mol. The van der Waals surface area contributed by atoms with Crippen molar-refractivity contribution in [3.8, 4) is 11.1 Å². The highest BCUT2D eigenvalue weighted by Crippen LogP contribution is 2.58. The maximum atomic E-state index is 13.3. The number of benzene rings is 2. The summed E-state index contributed by atoms with van der Waals surface area (Å²) < 4.78 is 5.65. The van der Waals surface area contributed by atoms with Crippen molar-refractivity contribution in [1.29, 1.82) is 0 Å². The maximum Gasteiger partial charge on any atom is 0.407 e. The van der Waals surface area contributed by atoms with Crippen molar-refractivity contribution in [1.82, 2.24) is 10.2 Å². The molecular formula is C27H30N2O5. The van der Waals surface area contributed by atoms with E-state index in [4.69, 9.17) is 4.74 Å². The molecule has 34 heavy (non-hydrogen) atoms. The van der Waals surface area contributed by atoms with Crippen molar-refractivity contribution in [2.45, 2.75) is 39.2 Å². The molecule has 3 aliphatic rings. The summed E-state index contributed by atoms with van der Waals surface area (Å²) in [6.07, 6.45) is -0.0287. The molecule has 1 aliphatic heterocycles. The molecule has 2 aliphatic carbocycles. The predicted molar refractivity (Wildman–Crippen MR) is 126 cm³/mol. The second-order valence-electron chi connectivity index (χ2n) is 10.9. The van der Waals surface area contributed by atoms with Crippen molar-refractivity contribution in [3.05, 3.63) is 59.7 Å². The van der Waals surface area contributed by atoms with Crippen LogP contribution < -0.4 is 5.32 Å². The molecule has 2 unspecified atom stereocenters. The van der Waals surface area contributed by atoms with Crippen molar-refractivity contribution in [3.63, 3.8) is 0 Å². The zero-order valence-electron chi connectivity index (χ0n) is 19.7. The van der Waals surface area contributed by atoms with Crippen LogP contribution in [0.2, 0.25) is 0 Å². The lowest BCUT2D eigenvalue weighted by Crippen LogP contribution is -2.55. The number of carboxylic acid groups (broad SMARTS) is 1. The Kier molecular flexibility index (Phi) is 5.19. The molecule has 0 aromatic heterocycles. The Bertz CT molecular complexity index is 1120. The number of carboxylic acids is 1. The summed E-state index contributed by atoms with van der Waals surface area (Å²) in [4.78, 5) is 39.4. The van der Waals surface area contributed by atoms with Crippen LogP contribution >= 0.6 is 0 Å². The normalized spacial score (nSPS) is 23.5. The number of fused-ring (bicyclic) bond motifs is 4. The smallest absolute Gasteiger partial charge is 0.407 e. The van der Waals surface area contributed by atoms with E-state index in [2.05, 4.69) is 29.6 Å². The molecule has 1 heterocycles. The first kappa shape index (κ1) is 22.4. The minimum atomic E-state index is -0.843. The van der Waals surface area contributed by atoms with Crippen molar-refractivity contribution in [2.75, 3.05) is 19.7 Å². The highest BCUT2D eigenvalue weighted by atomic mass is 16.5. The van der Waals surface area contributed by atoms with E-state index in [9.17, 15) is 19.5 Å². The monoisotopic (exact) mass is 462 g/mol. The van der Waals surface area contributed by atoms with Crippen LogP contribution in [-0.2, 0) is 14.3 Å². The van der Waals surface area contributed by atoms with E-state index < -0.39 is 28.9 Å². The van der Waals surface area contributed by atoms with Crippen LogP contribution in [0.15, 0.2) is 48.5 Å². The molecule has 1 saturated heterocycles. The van der Waals surface area contributed by atoms with Crippen LogP contribution in [0.5, 0.6) is 0 Å². The third kappa shape index (κ3) is 3.63. The molecule has 1 saturated carbocycles. The quantitative estimate of drug-likeness (QED) is 0.703. The van der Waals surface area contributed by atoms with Gasteiger partial charge in [-0.15, -0.1) is 0 Å². The molecule has 5 rings (SSSR count). The summed E-state index contributed by atoms with van der Waals surface area (Å²) in [5, 5.41) is 12.3. The molecule has 3 atom stereocenters. The Hall–Kier alpha value is -3.35. The molecule has 2 aromatic rings. The Balaban J connectivity index is 1.27. The van der Waals surface area contributed by atoms with Crippen LogP contribution in [0, 0.1) is 16.7 Å². The molecule has 0 spiro atoms. The number of piperidine rings is 1. The van der Waals surface area contributed by atoms with Crippen LogP contribution in [0.25, 0.3) is 11.1 Å². The minimum Gasteiger partial charge on any atom is -0.481 e. The summed E-state index contributed by atoms with van der Waals surface area (Å²) in [5.74, 6) is -1.16. The topological polar surface area (TPSA) is 95.9 Å². The number of carbonyl (C=O) groups is 3. The zero-order chi connectivity index (χ0) is 24.3. The molecule has 7 nitrogen and oxygen atoms in total. The fraction of sp³-hybridized carbons (Fsp3) is 0.444. The first-order chi connectivity index (χ1) is 16.1. The lowest BCUT2D eigenvalue weighted by Gasteiger charge is -2.34. The highest BCUT2D eigenvalue weighted by molar-refractivity contribution is 5.89. The number of alkyl carbamates (subject to hydrolysis) is 1. The molecule has 0 radical (unpaired) electrons. The second kappa shape index (κ2) is 7.86.